The van der Waals surface area contributed by atoms with Crippen LogP contribution in [0.25, 0.3) is 0 Å². The molecular formula is C47H112O. The molecule has 0 radical (unpaired) electrons. The van der Waals surface area contributed by atoms with Gasteiger partial charge in [-0.3, -0.25) is 0 Å². The van der Waals surface area contributed by atoms with E-state index in [0.717, 1.165) is 36.5 Å². The Balaban J connectivity index is -0.0000000485. The summed E-state index contributed by atoms with van der Waals surface area (Å²) in [6, 6.07) is 0. The predicted octanol–water partition coefficient (Wildman–Crippen LogP) is 19.4. The fourth-order valence-corrected chi connectivity index (χ4v) is 4.86. The van der Waals surface area contributed by atoms with E-state index in [-0.39, 0.29) is 44.6 Å². The number of Topliss-reactive ketones (excluding diaryl/α,β-unsaturated/α-hetero) is 1. The van der Waals surface area contributed by atoms with Crippen LogP contribution >= 0.6 is 0 Å². The number of ketones is 1. The van der Waals surface area contributed by atoms with Gasteiger partial charge in [-0.25, -0.2) is 0 Å². The zero-order valence-corrected chi connectivity index (χ0v) is 32.2. The van der Waals surface area contributed by atoms with Crippen LogP contribution in [0.1, 0.15) is 282 Å². The molecule has 0 amide bonds. The summed E-state index contributed by atoms with van der Waals surface area (Å²) in [5.41, 5.74) is 0. The summed E-state index contributed by atoms with van der Waals surface area (Å²) in [5, 5.41) is 0. The van der Waals surface area contributed by atoms with Crippen molar-refractivity contribution in [3.8, 4) is 0 Å². The predicted molar refractivity (Wildman–Crippen MR) is 238 cm³/mol. The molecule has 0 aliphatic rings. The van der Waals surface area contributed by atoms with E-state index in [9.17, 15) is 4.79 Å². The van der Waals surface area contributed by atoms with Gasteiger partial charge in [0.2, 0.25) is 0 Å². The van der Waals surface area contributed by atoms with E-state index >= 15 is 0 Å². The van der Waals surface area contributed by atoms with Crippen LogP contribution < -0.4 is 0 Å². The number of carbonyl (C=O) groups excluding carboxylic acids is 1. The van der Waals surface area contributed by atoms with Gasteiger partial charge in [0.1, 0.15) is 5.78 Å². The highest BCUT2D eigenvalue weighted by atomic mass is 16.1. The maximum Gasteiger partial charge on any atom is 0.129 e. The molecule has 0 bridgehead atoms. The first-order valence-corrected chi connectivity index (χ1v) is 19.5. The van der Waals surface area contributed by atoms with Crippen LogP contribution in [-0.2, 0) is 4.79 Å². The molecule has 0 aromatic rings. The summed E-state index contributed by atoms with van der Waals surface area (Å²) in [5.74, 6) is 3.99. The summed E-state index contributed by atoms with van der Waals surface area (Å²) in [6.07, 6.45) is 32.6. The Morgan fingerprint density at radius 3 is 0.938 bits per heavy atom. The molecule has 0 saturated heterocycles. The summed E-state index contributed by atoms with van der Waals surface area (Å²) in [6.45, 7) is 26.9. The number of unbranched alkanes of at least 4 members (excludes halogenated alkanes) is 13. The Kier molecular flexibility index (Phi) is 99.2. The molecule has 0 N–H and O–H groups in total. The van der Waals surface area contributed by atoms with E-state index < -0.39 is 0 Å². The van der Waals surface area contributed by atoms with Gasteiger partial charge in [0.05, 0.1) is 0 Å². The molecule has 0 heterocycles. The van der Waals surface area contributed by atoms with E-state index in [1.807, 2.05) is 0 Å². The second-order valence-corrected chi connectivity index (χ2v) is 14.6. The third-order valence-electron chi connectivity index (χ3n) is 7.93. The van der Waals surface area contributed by atoms with Crippen molar-refractivity contribution in [2.24, 2.45) is 23.7 Å². The highest BCUT2D eigenvalue weighted by Gasteiger charge is 2.00. The van der Waals surface area contributed by atoms with Crippen molar-refractivity contribution in [2.45, 2.75) is 282 Å². The smallest absolute Gasteiger partial charge is 0.129 e. The second kappa shape index (κ2) is 65.1. The lowest BCUT2D eigenvalue weighted by Gasteiger charge is -2.09. The number of carbonyl (C=O) groups is 1. The van der Waals surface area contributed by atoms with Crippen molar-refractivity contribution in [3.63, 3.8) is 0 Å². The molecule has 1 unspecified atom stereocenters. The van der Waals surface area contributed by atoms with Crippen molar-refractivity contribution in [2.75, 3.05) is 0 Å². The molecule has 0 aliphatic heterocycles. The zero-order chi connectivity index (χ0) is 32.9. The first kappa shape index (κ1) is 73.2. The molecule has 0 saturated carbocycles. The number of hydrogen-bond acceptors (Lipinski definition) is 1. The van der Waals surface area contributed by atoms with E-state index in [0.29, 0.717) is 5.78 Å². The molecule has 0 aliphatic carbocycles. The fraction of sp³-hybridized carbons (Fsp3) is 0.979. The average Bonchev–Trinajstić information content (AvgIpc) is 2.92. The fourth-order valence-electron chi connectivity index (χ4n) is 4.86. The summed E-state index contributed by atoms with van der Waals surface area (Å²) in [4.78, 5) is 10.5. The van der Waals surface area contributed by atoms with Crippen molar-refractivity contribution < 1.29 is 4.79 Å². The molecule has 306 valence electrons. The van der Waals surface area contributed by atoms with Gasteiger partial charge < -0.3 is 4.79 Å². The minimum absolute atomic E-state index is 0. The lowest BCUT2D eigenvalue weighted by Crippen LogP contribution is -1.94. The molecule has 0 rings (SSSR count). The molecule has 0 aromatic heterocycles. The van der Waals surface area contributed by atoms with Gasteiger partial charge in [-0.2, -0.15) is 0 Å². The first-order valence-electron chi connectivity index (χ1n) is 19.5. The van der Waals surface area contributed by atoms with Crippen molar-refractivity contribution in [3.05, 3.63) is 0 Å². The van der Waals surface area contributed by atoms with Crippen molar-refractivity contribution in [1.82, 2.24) is 0 Å². The normalized spacial score (nSPS) is 9.98. The Labute approximate surface area is 315 Å². The maximum absolute atomic E-state index is 10.5. The summed E-state index contributed by atoms with van der Waals surface area (Å²) >= 11 is 0. The Morgan fingerprint density at radius 1 is 0.354 bits per heavy atom. The Bertz CT molecular complexity index is 442. The molecule has 48 heavy (non-hydrogen) atoms. The third-order valence-corrected chi connectivity index (χ3v) is 7.93. The van der Waals surface area contributed by atoms with Gasteiger partial charge in [0.25, 0.3) is 0 Å². The minimum Gasteiger partial charge on any atom is -0.300 e. The highest BCUT2D eigenvalue weighted by Crippen LogP contribution is 2.16. The Morgan fingerprint density at radius 2 is 0.625 bits per heavy atom. The van der Waals surface area contributed by atoms with Crippen LogP contribution in [-0.4, -0.2) is 5.78 Å². The first-order chi connectivity index (χ1) is 20.0. The number of hydrogen-bond donors (Lipinski definition) is 0. The third kappa shape index (κ3) is 96.9. The van der Waals surface area contributed by atoms with Crippen LogP contribution in [0.3, 0.4) is 0 Å². The van der Waals surface area contributed by atoms with Gasteiger partial charge in [-0.1, -0.05) is 262 Å². The maximum atomic E-state index is 10.5. The molecule has 1 atom stereocenters. The standard InChI is InChI=1S/C13H28.C10H22.C9H18O.C9H20.6CH4/c1-4-6-8-9-10-12-13(3)11-7-5-2;1-4-5-6-7-8-9-10(2)3;1-3-4-5-6-7-8-9(2)10;1-8(2)6-5-7-9(3)4;;;;;;/h13H,4-12H2,1-3H3;10H,4-9H2,1-3H3;3-8H2,1-2H3;8-9H,5-7H2,1-4H3;6*1H4. The van der Waals surface area contributed by atoms with Gasteiger partial charge in [0, 0.05) is 6.42 Å². The SMILES string of the molecule is C.C.C.C.C.C.CC(C)CCCC(C)C.CCCCCCCC(C)=O.CCCCCCCC(C)C.CCCCCCCC(C)CCCC. The minimum atomic E-state index is 0. The van der Waals surface area contributed by atoms with Crippen molar-refractivity contribution >= 4 is 5.78 Å². The second-order valence-electron chi connectivity index (χ2n) is 14.6. The van der Waals surface area contributed by atoms with Crippen LogP contribution in [0.4, 0.5) is 0 Å². The molecule has 0 aromatic carbocycles. The quantitative estimate of drug-likeness (QED) is 0.0870. The molecule has 1 nitrogen and oxygen atoms in total. The topological polar surface area (TPSA) is 17.1 Å². The van der Waals surface area contributed by atoms with Crippen molar-refractivity contribution in [1.29, 1.82) is 0 Å². The van der Waals surface area contributed by atoms with Gasteiger partial charge in [-0.15, -0.1) is 0 Å². The van der Waals surface area contributed by atoms with E-state index in [4.69, 9.17) is 0 Å². The van der Waals surface area contributed by atoms with Crippen LogP contribution in [0.15, 0.2) is 0 Å². The molecular weight excluding hydrogens is 581 g/mol. The van der Waals surface area contributed by atoms with E-state index in [1.54, 1.807) is 6.92 Å². The average molecular weight is 693 g/mol. The zero-order valence-electron chi connectivity index (χ0n) is 32.2. The molecule has 0 spiro atoms. The molecule has 1 heteroatoms. The largest absolute Gasteiger partial charge is 0.300 e. The summed E-state index contributed by atoms with van der Waals surface area (Å²) < 4.78 is 0. The lowest BCUT2D eigenvalue weighted by molar-refractivity contribution is -0.117. The Hall–Kier alpha value is -0.330. The van der Waals surface area contributed by atoms with Gasteiger partial charge in [0.15, 0.2) is 0 Å². The number of rotatable bonds is 25. The van der Waals surface area contributed by atoms with Gasteiger partial charge >= 0.3 is 0 Å². The van der Waals surface area contributed by atoms with E-state index in [2.05, 4.69) is 76.2 Å². The van der Waals surface area contributed by atoms with Crippen LogP contribution in [0.2, 0.25) is 0 Å². The van der Waals surface area contributed by atoms with E-state index in [1.165, 1.54) is 141 Å². The monoisotopic (exact) mass is 693 g/mol. The highest BCUT2D eigenvalue weighted by molar-refractivity contribution is 5.75. The van der Waals surface area contributed by atoms with Gasteiger partial charge in [-0.05, 0) is 37.0 Å². The summed E-state index contributed by atoms with van der Waals surface area (Å²) in [7, 11) is 0. The molecule has 0 fully saturated rings. The van der Waals surface area contributed by atoms with Crippen LogP contribution in [0.5, 0.6) is 0 Å². The van der Waals surface area contributed by atoms with Crippen LogP contribution in [0, 0.1) is 23.7 Å². The lowest BCUT2D eigenvalue weighted by atomic mass is 9.97.